The van der Waals surface area contributed by atoms with Gasteiger partial charge in [-0.05, 0) is 32.9 Å². The average molecular weight is 245 g/mol. The van der Waals surface area contributed by atoms with Gasteiger partial charge in [-0.2, -0.15) is 0 Å². The quantitative estimate of drug-likeness (QED) is 0.897. The zero-order valence-electron chi connectivity index (χ0n) is 10.7. The summed E-state index contributed by atoms with van der Waals surface area (Å²) in [5, 5.41) is 2.78. The fourth-order valence-electron chi connectivity index (χ4n) is 1.65. The Morgan fingerprint density at radius 3 is 2.72 bits per heavy atom. The van der Waals surface area contributed by atoms with Crippen molar-refractivity contribution < 1.29 is 9.21 Å². The van der Waals surface area contributed by atoms with Crippen molar-refractivity contribution in [3.63, 3.8) is 0 Å². The first-order chi connectivity index (χ1) is 8.56. The summed E-state index contributed by atoms with van der Waals surface area (Å²) in [4.78, 5) is 20.1. The zero-order valence-corrected chi connectivity index (χ0v) is 10.7. The maximum absolute atomic E-state index is 11.9. The standard InChI is InChI=1S/C13H15N3O2/c1-8-4-5-11(18-8)6-15-13(17)12-7-14-10(3)16-9(12)2/h4-5,7H,6H2,1-3H3,(H,15,17). The molecule has 0 aliphatic heterocycles. The predicted octanol–water partition coefficient (Wildman–Crippen LogP) is 1.92. The summed E-state index contributed by atoms with van der Waals surface area (Å²) in [5.74, 6) is 2.02. The molecule has 5 nitrogen and oxygen atoms in total. The topological polar surface area (TPSA) is 68.0 Å². The van der Waals surface area contributed by atoms with E-state index in [0.717, 1.165) is 11.5 Å². The van der Waals surface area contributed by atoms with Gasteiger partial charge in [-0.1, -0.05) is 0 Å². The van der Waals surface area contributed by atoms with Gasteiger partial charge in [-0.25, -0.2) is 9.97 Å². The van der Waals surface area contributed by atoms with Gasteiger partial charge in [0.2, 0.25) is 0 Å². The van der Waals surface area contributed by atoms with Crippen LogP contribution in [0.25, 0.3) is 0 Å². The normalized spacial score (nSPS) is 10.4. The molecule has 0 fully saturated rings. The molecule has 2 heterocycles. The minimum Gasteiger partial charge on any atom is -0.465 e. The van der Waals surface area contributed by atoms with Crippen molar-refractivity contribution in [1.29, 1.82) is 0 Å². The molecule has 1 amide bonds. The van der Waals surface area contributed by atoms with Crippen LogP contribution in [0, 0.1) is 20.8 Å². The first kappa shape index (κ1) is 12.3. The summed E-state index contributed by atoms with van der Waals surface area (Å²) >= 11 is 0. The molecule has 1 N–H and O–H groups in total. The number of nitrogens with zero attached hydrogens (tertiary/aromatic N) is 2. The van der Waals surface area contributed by atoms with Crippen LogP contribution in [-0.4, -0.2) is 15.9 Å². The number of aryl methyl sites for hydroxylation is 3. The van der Waals surface area contributed by atoms with E-state index in [1.165, 1.54) is 0 Å². The molecular weight excluding hydrogens is 230 g/mol. The molecule has 2 rings (SSSR count). The number of carbonyl (C=O) groups is 1. The second-order valence-electron chi connectivity index (χ2n) is 4.11. The van der Waals surface area contributed by atoms with E-state index in [1.807, 2.05) is 19.1 Å². The largest absolute Gasteiger partial charge is 0.465 e. The molecule has 0 atom stereocenters. The lowest BCUT2D eigenvalue weighted by molar-refractivity contribution is 0.0946. The highest BCUT2D eigenvalue weighted by Gasteiger charge is 2.11. The van der Waals surface area contributed by atoms with E-state index in [-0.39, 0.29) is 5.91 Å². The number of hydrogen-bond acceptors (Lipinski definition) is 4. The van der Waals surface area contributed by atoms with Crippen LogP contribution in [0.4, 0.5) is 0 Å². The minimum atomic E-state index is -0.193. The molecule has 0 aliphatic rings. The van der Waals surface area contributed by atoms with Gasteiger partial charge in [0.25, 0.3) is 5.91 Å². The molecule has 5 heteroatoms. The monoisotopic (exact) mass is 245 g/mol. The van der Waals surface area contributed by atoms with Crippen LogP contribution in [0.1, 0.15) is 33.4 Å². The third-order valence-corrected chi connectivity index (χ3v) is 2.56. The molecule has 94 valence electrons. The maximum Gasteiger partial charge on any atom is 0.255 e. The summed E-state index contributed by atoms with van der Waals surface area (Å²) in [6.45, 7) is 5.81. The second-order valence-corrected chi connectivity index (χ2v) is 4.11. The molecule has 2 aromatic rings. The molecule has 2 aromatic heterocycles. The molecule has 0 bridgehead atoms. The molecule has 0 unspecified atom stereocenters. The van der Waals surface area contributed by atoms with E-state index in [1.54, 1.807) is 20.0 Å². The van der Waals surface area contributed by atoms with Crippen LogP contribution in [0.2, 0.25) is 0 Å². The number of aromatic nitrogens is 2. The van der Waals surface area contributed by atoms with E-state index in [0.29, 0.717) is 23.6 Å². The van der Waals surface area contributed by atoms with Crippen molar-refractivity contribution in [3.05, 3.63) is 46.9 Å². The number of nitrogens with one attached hydrogen (secondary N) is 1. The third kappa shape index (κ3) is 2.74. The Morgan fingerprint density at radius 2 is 2.11 bits per heavy atom. The van der Waals surface area contributed by atoms with Crippen LogP contribution in [0.15, 0.2) is 22.7 Å². The molecular formula is C13H15N3O2. The molecule has 0 aliphatic carbocycles. The Morgan fingerprint density at radius 1 is 1.33 bits per heavy atom. The summed E-state index contributed by atoms with van der Waals surface area (Å²) in [5.41, 5.74) is 1.17. The van der Waals surface area contributed by atoms with E-state index < -0.39 is 0 Å². The lowest BCUT2D eigenvalue weighted by atomic mass is 10.2. The lowest BCUT2D eigenvalue weighted by Gasteiger charge is -2.05. The van der Waals surface area contributed by atoms with E-state index in [9.17, 15) is 4.79 Å². The van der Waals surface area contributed by atoms with Crippen molar-refractivity contribution in [2.45, 2.75) is 27.3 Å². The Kier molecular flexibility index (Phi) is 3.41. The Labute approximate surface area is 105 Å². The van der Waals surface area contributed by atoms with Crippen molar-refractivity contribution >= 4 is 5.91 Å². The van der Waals surface area contributed by atoms with Crippen molar-refractivity contribution in [3.8, 4) is 0 Å². The first-order valence-corrected chi connectivity index (χ1v) is 5.70. The molecule has 0 radical (unpaired) electrons. The number of rotatable bonds is 3. The summed E-state index contributed by atoms with van der Waals surface area (Å²) < 4.78 is 5.37. The highest BCUT2D eigenvalue weighted by molar-refractivity contribution is 5.94. The number of hydrogen-bond donors (Lipinski definition) is 1. The van der Waals surface area contributed by atoms with Gasteiger partial charge in [0.05, 0.1) is 17.8 Å². The fraction of sp³-hybridized carbons (Fsp3) is 0.308. The second kappa shape index (κ2) is 5.00. The minimum absolute atomic E-state index is 0.193. The van der Waals surface area contributed by atoms with E-state index >= 15 is 0 Å². The highest BCUT2D eigenvalue weighted by Crippen LogP contribution is 2.07. The SMILES string of the molecule is Cc1ncc(C(=O)NCc2ccc(C)o2)c(C)n1. The van der Waals surface area contributed by atoms with Crippen LogP contribution in [0.3, 0.4) is 0 Å². The Balaban J connectivity index is 2.03. The fourth-order valence-corrected chi connectivity index (χ4v) is 1.65. The highest BCUT2D eigenvalue weighted by atomic mass is 16.3. The molecule has 0 spiro atoms. The van der Waals surface area contributed by atoms with Gasteiger partial charge >= 0.3 is 0 Å². The number of amides is 1. The van der Waals surface area contributed by atoms with Crippen LogP contribution < -0.4 is 5.32 Å². The third-order valence-electron chi connectivity index (χ3n) is 2.56. The Hall–Kier alpha value is -2.17. The van der Waals surface area contributed by atoms with E-state index in [2.05, 4.69) is 15.3 Å². The van der Waals surface area contributed by atoms with Crippen molar-refractivity contribution in [1.82, 2.24) is 15.3 Å². The van der Waals surface area contributed by atoms with Gasteiger partial charge in [0.15, 0.2) is 0 Å². The van der Waals surface area contributed by atoms with Gasteiger partial charge in [-0.15, -0.1) is 0 Å². The maximum atomic E-state index is 11.9. The lowest BCUT2D eigenvalue weighted by Crippen LogP contribution is -2.24. The summed E-state index contributed by atoms with van der Waals surface area (Å²) in [6.07, 6.45) is 1.54. The summed E-state index contributed by atoms with van der Waals surface area (Å²) in [6, 6.07) is 3.70. The average Bonchev–Trinajstić information content (AvgIpc) is 2.72. The van der Waals surface area contributed by atoms with Gasteiger partial charge in [0.1, 0.15) is 17.3 Å². The van der Waals surface area contributed by atoms with E-state index in [4.69, 9.17) is 4.42 Å². The molecule has 0 aromatic carbocycles. The van der Waals surface area contributed by atoms with Crippen LogP contribution >= 0.6 is 0 Å². The summed E-state index contributed by atoms with van der Waals surface area (Å²) in [7, 11) is 0. The van der Waals surface area contributed by atoms with Gasteiger partial charge in [0, 0.05) is 6.20 Å². The zero-order chi connectivity index (χ0) is 13.1. The smallest absolute Gasteiger partial charge is 0.255 e. The molecule has 0 saturated carbocycles. The Bertz CT molecular complexity index is 575. The van der Waals surface area contributed by atoms with Gasteiger partial charge < -0.3 is 9.73 Å². The number of carbonyl (C=O) groups excluding carboxylic acids is 1. The molecule has 18 heavy (non-hydrogen) atoms. The first-order valence-electron chi connectivity index (χ1n) is 5.70. The van der Waals surface area contributed by atoms with Crippen molar-refractivity contribution in [2.24, 2.45) is 0 Å². The van der Waals surface area contributed by atoms with Crippen molar-refractivity contribution in [2.75, 3.05) is 0 Å². The van der Waals surface area contributed by atoms with Crippen LogP contribution in [-0.2, 0) is 6.54 Å². The van der Waals surface area contributed by atoms with Gasteiger partial charge in [-0.3, -0.25) is 4.79 Å². The van der Waals surface area contributed by atoms with Crippen LogP contribution in [0.5, 0.6) is 0 Å². The number of furan rings is 1. The predicted molar refractivity (Wildman–Crippen MR) is 66.1 cm³/mol. The molecule has 0 saturated heterocycles.